The molecule has 6 heteroatoms. The van der Waals surface area contributed by atoms with Gasteiger partial charge in [0.05, 0.1) is 19.1 Å². The standard InChI is InChI=1S/C23H29N3O3/c1-4-5-14-26-21(27)13-11-18(22(26)17-8-6-7-9-19(17)29-3)23(28)25-20-12-10-16(2)15-24-20/h6-10,12,15,18,22H,4-5,11,13-14H2,1-3H3,(H,24,25,28)/t18-,22-/m0/s1. The second kappa shape index (κ2) is 9.54. The number of carbonyl (C=O) groups is 2. The third kappa shape index (κ3) is 4.75. The van der Waals surface area contributed by atoms with Gasteiger partial charge in [-0.05, 0) is 37.5 Å². The Morgan fingerprint density at radius 2 is 2.07 bits per heavy atom. The number of aromatic nitrogens is 1. The molecule has 1 aromatic heterocycles. The molecule has 1 N–H and O–H groups in total. The SMILES string of the molecule is CCCCN1C(=O)CC[C@H](C(=O)Nc2ccc(C)cn2)[C@@H]1c1ccccc1OC. The van der Waals surface area contributed by atoms with Crippen LogP contribution in [-0.2, 0) is 9.59 Å². The lowest BCUT2D eigenvalue weighted by molar-refractivity contribution is -0.142. The second-order valence-corrected chi connectivity index (χ2v) is 7.48. The van der Waals surface area contributed by atoms with E-state index in [9.17, 15) is 9.59 Å². The highest BCUT2D eigenvalue weighted by Gasteiger charge is 2.41. The number of benzene rings is 1. The zero-order valence-corrected chi connectivity index (χ0v) is 17.4. The summed E-state index contributed by atoms with van der Waals surface area (Å²) in [6.45, 7) is 4.68. The number of nitrogens with zero attached hydrogens (tertiary/aromatic N) is 2. The van der Waals surface area contributed by atoms with Gasteiger partial charge in [-0.1, -0.05) is 37.6 Å². The topological polar surface area (TPSA) is 71.5 Å². The zero-order chi connectivity index (χ0) is 20.8. The molecule has 1 aliphatic heterocycles. The Kier molecular flexibility index (Phi) is 6.86. The minimum atomic E-state index is -0.371. The average molecular weight is 396 g/mol. The molecule has 2 atom stereocenters. The third-order valence-electron chi connectivity index (χ3n) is 5.42. The fourth-order valence-corrected chi connectivity index (χ4v) is 3.88. The molecule has 1 saturated heterocycles. The maximum absolute atomic E-state index is 13.2. The summed E-state index contributed by atoms with van der Waals surface area (Å²) in [6, 6.07) is 11.0. The number of para-hydroxylation sites is 1. The van der Waals surface area contributed by atoms with Gasteiger partial charge in [0.15, 0.2) is 0 Å². The molecule has 29 heavy (non-hydrogen) atoms. The summed E-state index contributed by atoms with van der Waals surface area (Å²) in [7, 11) is 1.62. The molecule has 1 aromatic carbocycles. The number of likely N-dealkylation sites (tertiary alicyclic amines) is 1. The number of nitrogens with one attached hydrogen (secondary N) is 1. The first-order chi connectivity index (χ1) is 14.0. The van der Waals surface area contributed by atoms with E-state index in [1.807, 2.05) is 42.2 Å². The molecular formula is C23H29N3O3. The normalized spacial score (nSPS) is 19.1. The predicted molar refractivity (Wildman–Crippen MR) is 113 cm³/mol. The van der Waals surface area contributed by atoms with Crippen molar-refractivity contribution in [2.24, 2.45) is 5.92 Å². The highest BCUT2D eigenvalue weighted by atomic mass is 16.5. The Labute approximate surface area is 172 Å². The van der Waals surface area contributed by atoms with Crippen LogP contribution in [0, 0.1) is 12.8 Å². The fraction of sp³-hybridized carbons (Fsp3) is 0.435. The summed E-state index contributed by atoms with van der Waals surface area (Å²) >= 11 is 0. The van der Waals surface area contributed by atoms with E-state index in [0.29, 0.717) is 31.0 Å². The zero-order valence-electron chi connectivity index (χ0n) is 17.4. The van der Waals surface area contributed by atoms with E-state index < -0.39 is 0 Å². The molecule has 154 valence electrons. The molecule has 1 aliphatic rings. The molecule has 6 nitrogen and oxygen atoms in total. The molecule has 2 aromatic rings. The highest BCUT2D eigenvalue weighted by molar-refractivity contribution is 5.94. The van der Waals surface area contributed by atoms with Crippen LogP contribution in [0.1, 0.15) is 49.8 Å². The molecule has 0 saturated carbocycles. The van der Waals surface area contributed by atoms with Crippen molar-refractivity contribution >= 4 is 17.6 Å². The maximum Gasteiger partial charge on any atom is 0.231 e. The summed E-state index contributed by atoms with van der Waals surface area (Å²) < 4.78 is 5.56. The summed E-state index contributed by atoms with van der Waals surface area (Å²) in [5.74, 6) is 0.818. The van der Waals surface area contributed by atoms with Crippen molar-refractivity contribution in [2.45, 2.75) is 45.6 Å². The number of piperidine rings is 1. The molecule has 0 unspecified atom stereocenters. The minimum Gasteiger partial charge on any atom is -0.496 e. The molecule has 2 amide bonds. The molecule has 0 aliphatic carbocycles. The predicted octanol–water partition coefficient (Wildman–Crippen LogP) is 4.12. The molecule has 1 fully saturated rings. The van der Waals surface area contributed by atoms with E-state index in [1.165, 1.54) is 0 Å². The highest BCUT2D eigenvalue weighted by Crippen LogP contribution is 2.41. The third-order valence-corrected chi connectivity index (χ3v) is 5.42. The van der Waals surface area contributed by atoms with Crippen LogP contribution in [0.15, 0.2) is 42.6 Å². The summed E-state index contributed by atoms with van der Waals surface area (Å²) in [5, 5.41) is 2.94. The molecule has 0 spiro atoms. The van der Waals surface area contributed by atoms with Crippen molar-refractivity contribution < 1.29 is 14.3 Å². The second-order valence-electron chi connectivity index (χ2n) is 7.48. The van der Waals surface area contributed by atoms with E-state index >= 15 is 0 Å². The van der Waals surface area contributed by atoms with Crippen LogP contribution in [-0.4, -0.2) is 35.4 Å². The Morgan fingerprint density at radius 3 is 2.76 bits per heavy atom. The van der Waals surface area contributed by atoms with E-state index in [0.717, 1.165) is 24.0 Å². The van der Waals surface area contributed by atoms with Crippen molar-refractivity contribution in [1.29, 1.82) is 0 Å². The summed E-state index contributed by atoms with van der Waals surface area (Å²) in [6.07, 6.45) is 4.47. The van der Waals surface area contributed by atoms with Crippen molar-refractivity contribution in [3.05, 3.63) is 53.7 Å². The first-order valence-electron chi connectivity index (χ1n) is 10.2. The first-order valence-corrected chi connectivity index (χ1v) is 10.2. The van der Waals surface area contributed by atoms with Gasteiger partial charge in [0.2, 0.25) is 11.8 Å². The smallest absolute Gasteiger partial charge is 0.231 e. The van der Waals surface area contributed by atoms with Gasteiger partial charge in [0, 0.05) is 24.7 Å². The van der Waals surface area contributed by atoms with Crippen molar-refractivity contribution in [1.82, 2.24) is 9.88 Å². The maximum atomic E-state index is 13.2. The molecule has 3 rings (SSSR count). The average Bonchev–Trinajstić information content (AvgIpc) is 2.74. The number of unbranched alkanes of at least 4 members (excludes halogenated alkanes) is 1. The van der Waals surface area contributed by atoms with E-state index in [2.05, 4.69) is 17.2 Å². The van der Waals surface area contributed by atoms with Gasteiger partial charge in [-0.15, -0.1) is 0 Å². The van der Waals surface area contributed by atoms with Gasteiger partial charge in [-0.2, -0.15) is 0 Å². The number of carbonyl (C=O) groups excluding carboxylic acids is 2. The lowest BCUT2D eigenvalue weighted by Gasteiger charge is -2.41. The number of amides is 2. The number of pyridine rings is 1. The minimum absolute atomic E-state index is 0.0897. The lowest BCUT2D eigenvalue weighted by Crippen LogP contribution is -2.47. The number of ether oxygens (including phenoxy) is 1. The van der Waals surface area contributed by atoms with Gasteiger partial charge >= 0.3 is 0 Å². The monoisotopic (exact) mass is 395 g/mol. The largest absolute Gasteiger partial charge is 0.496 e. The van der Waals surface area contributed by atoms with E-state index in [4.69, 9.17) is 4.74 Å². The molecular weight excluding hydrogens is 366 g/mol. The van der Waals surface area contributed by atoms with Crippen LogP contribution in [0.5, 0.6) is 5.75 Å². The van der Waals surface area contributed by atoms with Crippen LogP contribution in [0.25, 0.3) is 0 Å². The van der Waals surface area contributed by atoms with Crippen molar-refractivity contribution in [3.8, 4) is 5.75 Å². The number of hydrogen-bond donors (Lipinski definition) is 1. The molecule has 2 heterocycles. The van der Waals surface area contributed by atoms with Gasteiger partial charge in [-0.3, -0.25) is 9.59 Å². The van der Waals surface area contributed by atoms with Gasteiger partial charge < -0.3 is 15.0 Å². The summed E-state index contributed by atoms with van der Waals surface area (Å²) in [4.78, 5) is 32.2. The van der Waals surface area contributed by atoms with Crippen molar-refractivity contribution in [2.75, 3.05) is 19.0 Å². The van der Waals surface area contributed by atoms with E-state index in [-0.39, 0.29) is 23.8 Å². The Bertz CT molecular complexity index is 851. The van der Waals surface area contributed by atoms with Crippen LogP contribution in [0.4, 0.5) is 5.82 Å². The Balaban J connectivity index is 1.94. The fourth-order valence-electron chi connectivity index (χ4n) is 3.88. The quantitative estimate of drug-likeness (QED) is 0.766. The number of aryl methyl sites for hydroxylation is 1. The van der Waals surface area contributed by atoms with Crippen LogP contribution in [0.3, 0.4) is 0 Å². The Morgan fingerprint density at radius 1 is 1.28 bits per heavy atom. The van der Waals surface area contributed by atoms with Crippen LogP contribution < -0.4 is 10.1 Å². The molecule has 0 bridgehead atoms. The number of rotatable bonds is 7. The number of anilines is 1. The van der Waals surface area contributed by atoms with Gasteiger partial charge in [-0.25, -0.2) is 4.98 Å². The summed E-state index contributed by atoms with van der Waals surface area (Å²) in [5.41, 5.74) is 1.90. The van der Waals surface area contributed by atoms with Gasteiger partial charge in [0.1, 0.15) is 11.6 Å². The van der Waals surface area contributed by atoms with Gasteiger partial charge in [0.25, 0.3) is 0 Å². The number of methoxy groups -OCH3 is 1. The van der Waals surface area contributed by atoms with E-state index in [1.54, 1.807) is 19.4 Å². The lowest BCUT2D eigenvalue weighted by atomic mass is 9.83. The Hall–Kier alpha value is -2.89. The number of hydrogen-bond acceptors (Lipinski definition) is 4. The van der Waals surface area contributed by atoms with Crippen LogP contribution >= 0.6 is 0 Å². The first kappa shape index (κ1) is 20.8. The van der Waals surface area contributed by atoms with Crippen molar-refractivity contribution in [3.63, 3.8) is 0 Å². The molecule has 0 radical (unpaired) electrons. The van der Waals surface area contributed by atoms with Crippen LogP contribution in [0.2, 0.25) is 0 Å².